The summed E-state index contributed by atoms with van der Waals surface area (Å²) in [4.78, 5) is 65.5. The number of nitrogens with two attached hydrogens (primary N) is 6. The van der Waals surface area contributed by atoms with Crippen LogP contribution in [0.25, 0.3) is 0 Å². The van der Waals surface area contributed by atoms with Gasteiger partial charge in [-0.1, -0.05) is 0 Å². The molecule has 0 bridgehead atoms. The molecule has 30 nitrogen and oxygen atoms in total. The van der Waals surface area contributed by atoms with Crippen molar-refractivity contribution in [2.45, 2.75) is 13.0 Å². The van der Waals surface area contributed by atoms with Crippen LogP contribution >= 0.6 is 0 Å². The zero-order valence-corrected chi connectivity index (χ0v) is 27.4. The molecule has 6 amide bonds. The van der Waals surface area contributed by atoms with Gasteiger partial charge in [0.05, 0.1) is 0 Å². The molecule has 0 aliphatic rings. The van der Waals surface area contributed by atoms with Gasteiger partial charge < -0.3 is 84.1 Å². The molecule has 0 fully saturated rings. The van der Waals surface area contributed by atoms with E-state index in [-0.39, 0.29) is 19.6 Å². The maximum Gasteiger partial charge on any atom is 0.419 e. The first kappa shape index (κ1) is 46.8. The zero-order chi connectivity index (χ0) is 41.1. The fraction of sp³-hybridized carbons (Fsp3) is 0.217. The minimum atomic E-state index is -0.911. The van der Waals surface area contributed by atoms with Crippen molar-refractivity contribution in [1.82, 2.24) is 21.3 Å². The predicted octanol–water partition coefficient (Wildman–Crippen LogP) is -2.59. The molecule has 30 heteroatoms. The Morgan fingerprint density at radius 1 is 0.491 bits per heavy atom. The van der Waals surface area contributed by atoms with Crippen molar-refractivity contribution in [3.63, 3.8) is 0 Å². The number of amidine groups is 6. The third-order valence-corrected chi connectivity index (χ3v) is 4.17. The van der Waals surface area contributed by atoms with Crippen LogP contribution in [-0.4, -0.2) is 98.4 Å². The lowest BCUT2D eigenvalue weighted by Crippen LogP contribution is -2.43. The van der Waals surface area contributed by atoms with Gasteiger partial charge in [0.2, 0.25) is 0 Å². The molecule has 1 atom stereocenters. The average molecular weight is 759 g/mol. The summed E-state index contributed by atoms with van der Waals surface area (Å²) in [5, 5.41) is 53.6. The van der Waals surface area contributed by atoms with Crippen LogP contribution in [0.5, 0.6) is 0 Å². The fourth-order valence-electron chi connectivity index (χ4n) is 2.48. The Labute approximate surface area is 297 Å². The molecule has 0 aromatic heterocycles. The number of alkyl carbamates (subject to hydrolysis) is 4. The number of benzene rings is 1. The molecule has 1 aromatic rings. The van der Waals surface area contributed by atoms with E-state index in [0.29, 0.717) is 11.4 Å². The summed E-state index contributed by atoms with van der Waals surface area (Å²) < 4.78 is 25.2. The fourth-order valence-corrected chi connectivity index (χ4v) is 2.48. The van der Waals surface area contributed by atoms with E-state index >= 15 is 0 Å². The highest BCUT2D eigenvalue weighted by atomic mass is 16.6. The summed E-state index contributed by atoms with van der Waals surface area (Å²) in [5.41, 5.74) is 29.7. The number of anilines is 2. The van der Waals surface area contributed by atoms with Gasteiger partial charge >= 0.3 is 36.6 Å². The Kier molecular flexibility index (Phi) is 22.6. The summed E-state index contributed by atoms with van der Waals surface area (Å²) in [6.45, 7) is 1.67. The highest BCUT2D eigenvalue weighted by Gasteiger charge is 2.12. The number of hydrogen-bond donors (Lipinski definition) is 18. The van der Waals surface area contributed by atoms with Gasteiger partial charge in [0, 0.05) is 37.1 Å². The number of amides is 6. The molecule has 24 N–H and O–H groups in total. The average Bonchev–Trinajstić information content (AvgIpc) is 2.97. The molecule has 0 saturated heterocycles. The van der Waals surface area contributed by atoms with E-state index in [1.54, 1.807) is 6.92 Å². The zero-order valence-electron chi connectivity index (χ0n) is 27.4. The van der Waals surface area contributed by atoms with Gasteiger partial charge in [-0.15, -0.1) is 0 Å². The number of carbonyl (C=O) groups excluding carboxylic acids is 6. The third kappa shape index (κ3) is 30.7. The lowest BCUT2D eigenvalue weighted by atomic mass is 10.3. The van der Waals surface area contributed by atoms with Crippen LogP contribution in [0.1, 0.15) is 6.92 Å². The van der Waals surface area contributed by atoms with Crippen molar-refractivity contribution in [1.29, 1.82) is 32.5 Å². The number of nitrogens with one attached hydrogen (secondary N) is 12. The summed E-state index contributed by atoms with van der Waals surface area (Å²) in [5.74, 6) is 0. The second-order valence-electron chi connectivity index (χ2n) is 8.63. The number of ether oxygens (including phenoxy) is 6. The van der Waals surface area contributed by atoms with Crippen LogP contribution in [0.2, 0.25) is 0 Å². The topological polar surface area (TPSA) is 529 Å². The van der Waals surface area contributed by atoms with E-state index in [0.717, 1.165) is 0 Å². The highest BCUT2D eigenvalue weighted by Crippen LogP contribution is 2.14. The van der Waals surface area contributed by atoms with Crippen molar-refractivity contribution in [3.05, 3.63) is 24.3 Å². The molecular formula is C23H38N18O12. The monoisotopic (exact) mass is 758 g/mol. The van der Waals surface area contributed by atoms with E-state index in [1.807, 2.05) is 0 Å². The Morgan fingerprint density at radius 3 is 1.06 bits per heavy atom. The van der Waals surface area contributed by atoms with E-state index in [2.05, 4.69) is 60.3 Å². The summed E-state index contributed by atoms with van der Waals surface area (Å²) in [7, 11) is 0. The molecule has 53 heavy (non-hydrogen) atoms. The van der Waals surface area contributed by atoms with Crippen molar-refractivity contribution in [2.24, 2.45) is 34.4 Å². The van der Waals surface area contributed by atoms with Crippen LogP contribution in [0.3, 0.4) is 0 Å². The highest BCUT2D eigenvalue weighted by molar-refractivity contribution is 5.94. The molecule has 0 saturated carbocycles. The van der Waals surface area contributed by atoms with Gasteiger partial charge in [-0.25, -0.2) is 28.8 Å². The smallest absolute Gasteiger partial charge is 0.377 e. The predicted molar refractivity (Wildman–Crippen MR) is 181 cm³/mol. The summed E-state index contributed by atoms with van der Waals surface area (Å²) in [6, 6.07) is 0.966. The second-order valence-corrected chi connectivity index (χ2v) is 8.63. The molecule has 0 heterocycles. The molecule has 1 unspecified atom stereocenters. The lowest BCUT2D eigenvalue weighted by Gasteiger charge is -2.13. The summed E-state index contributed by atoms with van der Waals surface area (Å²) >= 11 is 0. The summed E-state index contributed by atoms with van der Waals surface area (Å²) in [6.07, 6.45) is -5.45. The van der Waals surface area contributed by atoms with Gasteiger partial charge in [-0.3, -0.25) is 43.1 Å². The largest absolute Gasteiger partial charge is 0.419 e. The normalized spacial score (nSPS) is 9.60. The van der Waals surface area contributed by atoms with Crippen molar-refractivity contribution >= 4 is 84.1 Å². The van der Waals surface area contributed by atoms with E-state index < -0.39 is 78.7 Å². The van der Waals surface area contributed by atoms with E-state index in [4.69, 9.17) is 66.9 Å². The maximum atomic E-state index is 11.1. The Morgan fingerprint density at radius 2 is 0.755 bits per heavy atom. The molecule has 0 aliphatic carbocycles. The number of hydrogen-bond acceptors (Lipinski definition) is 18. The van der Waals surface area contributed by atoms with Gasteiger partial charge in [0.15, 0.2) is 0 Å². The standard InChI is InChI=1S/C10H12N6O4.C7H14N6O4.C6H12N6O4/c11-7(12)19-9(17)15-5-1-2-6(4-3-5)16-10(18)20-8(13)14;1-3(13-7(15)17-5(10)11)2-12-6(14)16-4(8)9;7-3(8)15-5(13)11-1-2-12-6(14)16-4(9)10/h1-4H,(H3,11,12)(H3,13,14)(H,15,17)(H,16,18);3H,2H2,1H3,(H3,8,9)(H3,10,11)(H,12,14)(H,13,15);1-2H2,(H3,7,8)(H3,9,10)(H,11,13)(H,12,14). The van der Waals surface area contributed by atoms with Crippen molar-refractivity contribution < 1.29 is 57.2 Å². The van der Waals surface area contributed by atoms with Crippen LogP contribution in [0, 0.1) is 32.5 Å². The molecule has 1 aromatic carbocycles. The SMILES string of the molecule is CC(CNC(=O)OC(=N)N)NC(=O)OC(=N)N.N=C(N)OC(=O)NCCNC(=O)OC(=N)N.N=C(N)OC(=O)Nc1ccc(NC(=O)OC(=N)N)cc1. The Balaban J connectivity index is 0. The van der Waals surface area contributed by atoms with Crippen LogP contribution in [-0.2, 0) is 28.4 Å². The minimum absolute atomic E-state index is 0.0269. The first-order chi connectivity index (χ1) is 24.6. The molecule has 0 radical (unpaired) electrons. The van der Waals surface area contributed by atoms with Crippen LogP contribution < -0.4 is 66.3 Å². The molecule has 0 spiro atoms. The Bertz CT molecular complexity index is 1440. The van der Waals surface area contributed by atoms with Crippen molar-refractivity contribution in [2.75, 3.05) is 30.3 Å². The maximum absolute atomic E-state index is 11.1. The van der Waals surface area contributed by atoms with Gasteiger partial charge in [0.25, 0.3) is 36.1 Å². The molecular weight excluding hydrogens is 720 g/mol. The first-order valence-electron chi connectivity index (χ1n) is 13.6. The second kappa shape index (κ2) is 25.6. The number of carbonyl (C=O) groups is 6. The van der Waals surface area contributed by atoms with Crippen molar-refractivity contribution in [3.8, 4) is 0 Å². The van der Waals surface area contributed by atoms with E-state index in [1.165, 1.54) is 24.3 Å². The molecule has 292 valence electrons. The Hall–Kier alpha value is -8.34. The molecule has 0 aliphatic heterocycles. The quantitative estimate of drug-likeness (QED) is 0.0559. The first-order valence-corrected chi connectivity index (χ1v) is 13.6. The third-order valence-electron chi connectivity index (χ3n) is 4.17. The van der Waals surface area contributed by atoms with Gasteiger partial charge in [-0.05, 0) is 31.2 Å². The van der Waals surface area contributed by atoms with Gasteiger partial charge in [0.1, 0.15) is 0 Å². The molecule has 1 rings (SSSR count). The van der Waals surface area contributed by atoms with Crippen LogP contribution in [0.15, 0.2) is 24.3 Å². The lowest BCUT2D eigenvalue weighted by molar-refractivity contribution is 0.186. The van der Waals surface area contributed by atoms with Gasteiger partial charge in [-0.2, -0.15) is 0 Å². The number of rotatable bonds is 8. The van der Waals surface area contributed by atoms with E-state index in [9.17, 15) is 28.8 Å². The van der Waals surface area contributed by atoms with Crippen LogP contribution in [0.4, 0.5) is 40.1 Å². The minimum Gasteiger partial charge on any atom is -0.377 e.